The Labute approximate surface area is 129 Å². The molecule has 0 amide bonds. The Morgan fingerprint density at radius 2 is 2.09 bits per heavy atom. The number of rotatable bonds is 3. The summed E-state index contributed by atoms with van der Waals surface area (Å²) in [5, 5.41) is 4.12. The van der Waals surface area contributed by atoms with E-state index in [1.807, 2.05) is 30.3 Å². The highest BCUT2D eigenvalue weighted by Gasteiger charge is 2.35. The number of morpholine rings is 1. The molecule has 3 heterocycles. The van der Waals surface area contributed by atoms with Crippen LogP contribution in [0.4, 0.5) is 0 Å². The van der Waals surface area contributed by atoms with Crippen LogP contribution >= 0.6 is 0 Å². The maximum absolute atomic E-state index is 5.79. The predicted octanol–water partition coefficient (Wildman–Crippen LogP) is 1.73. The zero-order valence-corrected chi connectivity index (χ0v) is 12.4. The van der Waals surface area contributed by atoms with Crippen LogP contribution in [0.5, 0.6) is 0 Å². The van der Waals surface area contributed by atoms with Crippen LogP contribution in [-0.2, 0) is 16.0 Å². The number of ether oxygens (including phenoxy) is 2. The van der Waals surface area contributed by atoms with E-state index in [-0.39, 0.29) is 6.10 Å². The van der Waals surface area contributed by atoms with E-state index in [9.17, 15) is 0 Å². The third-order valence-corrected chi connectivity index (χ3v) is 4.28. The third kappa shape index (κ3) is 2.77. The Balaban J connectivity index is 1.48. The number of fused-ring (bicyclic) bond motifs is 1. The van der Waals surface area contributed by atoms with E-state index in [1.54, 1.807) is 0 Å². The van der Waals surface area contributed by atoms with E-state index < -0.39 is 0 Å². The first kappa shape index (κ1) is 13.9. The fraction of sp³-hybridized carbons (Fsp3) is 0.500. The molecule has 1 aromatic carbocycles. The predicted molar refractivity (Wildman–Crippen MR) is 79.1 cm³/mol. The number of hydrogen-bond acceptors (Lipinski definition) is 6. The fourth-order valence-corrected chi connectivity index (χ4v) is 3.16. The van der Waals surface area contributed by atoms with Crippen molar-refractivity contribution in [3.63, 3.8) is 0 Å². The van der Waals surface area contributed by atoms with Gasteiger partial charge in [0.2, 0.25) is 0 Å². The maximum Gasteiger partial charge on any atom is 0.257 e. The Hall–Kier alpha value is -1.76. The molecular formula is C16H19N3O3. The van der Waals surface area contributed by atoms with Gasteiger partial charge in [0.1, 0.15) is 0 Å². The summed E-state index contributed by atoms with van der Waals surface area (Å²) in [5.74, 6) is 1.30. The normalized spacial score (nSPS) is 25.8. The number of nitrogens with zero attached hydrogens (tertiary/aromatic N) is 3. The summed E-state index contributed by atoms with van der Waals surface area (Å²) < 4.78 is 16.7. The minimum atomic E-state index is 0.169. The molecule has 2 saturated heterocycles. The molecule has 6 heteroatoms. The molecule has 0 unspecified atom stereocenters. The van der Waals surface area contributed by atoms with Crippen LogP contribution in [0.3, 0.4) is 0 Å². The molecule has 4 rings (SSSR count). The molecule has 0 aliphatic carbocycles. The molecule has 116 valence electrons. The van der Waals surface area contributed by atoms with Crippen LogP contribution < -0.4 is 0 Å². The van der Waals surface area contributed by atoms with Crippen molar-refractivity contribution in [1.82, 2.24) is 15.0 Å². The molecule has 0 spiro atoms. The topological polar surface area (TPSA) is 60.6 Å². The summed E-state index contributed by atoms with van der Waals surface area (Å²) in [7, 11) is 0. The van der Waals surface area contributed by atoms with Gasteiger partial charge in [0.15, 0.2) is 5.82 Å². The van der Waals surface area contributed by atoms with Crippen LogP contribution in [0.2, 0.25) is 0 Å². The number of hydrogen-bond donors (Lipinski definition) is 0. The average molecular weight is 301 g/mol. The third-order valence-electron chi connectivity index (χ3n) is 4.28. The average Bonchev–Trinajstić information content (AvgIpc) is 3.05. The van der Waals surface area contributed by atoms with Gasteiger partial charge in [-0.1, -0.05) is 23.4 Å². The van der Waals surface area contributed by atoms with Crippen molar-refractivity contribution in [3.05, 3.63) is 36.2 Å². The highest BCUT2D eigenvalue weighted by Crippen LogP contribution is 2.24. The Morgan fingerprint density at radius 1 is 1.18 bits per heavy atom. The lowest BCUT2D eigenvalue weighted by Crippen LogP contribution is -2.55. The van der Waals surface area contributed by atoms with Crippen molar-refractivity contribution in [2.45, 2.75) is 25.1 Å². The molecule has 2 atom stereocenters. The molecular weight excluding hydrogens is 282 g/mol. The van der Waals surface area contributed by atoms with Gasteiger partial charge in [-0.15, -0.1) is 0 Å². The molecule has 22 heavy (non-hydrogen) atoms. The first-order chi connectivity index (χ1) is 10.9. The standard InChI is InChI=1S/C16H19N3O3/c1-2-4-12(5-3-1)16-17-15(18-22-16)10-19-7-9-21-14-11-20-8-6-13(14)19/h1-5,13-14H,6-11H2/t13-,14+/m0/s1. The highest BCUT2D eigenvalue weighted by molar-refractivity contribution is 5.51. The molecule has 0 saturated carbocycles. The van der Waals surface area contributed by atoms with Gasteiger partial charge >= 0.3 is 0 Å². The second kappa shape index (κ2) is 6.16. The summed E-state index contributed by atoms with van der Waals surface area (Å²) in [6, 6.07) is 10.2. The van der Waals surface area contributed by atoms with Gasteiger partial charge < -0.3 is 14.0 Å². The quantitative estimate of drug-likeness (QED) is 0.860. The summed E-state index contributed by atoms with van der Waals surface area (Å²) in [6.07, 6.45) is 1.16. The smallest absolute Gasteiger partial charge is 0.257 e. The van der Waals surface area contributed by atoms with Gasteiger partial charge in [-0.25, -0.2) is 0 Å². The number of aromatic nitrogens is 2. The van der Waals surface area contributed by atoms with E-state index in [4.69, 9.17) is 14.0 Å². The van der Waals surface area contributed by atoms with Crippen LogP contribution in [-0.4, -0.2) is 53.6 Å². The first-order valence-electron chi connectivity index (χ1n) is 7.71. The van der Waals surface area contributed by atoms with Gasteiger partial charge in [-0.2, -0.15) is 4.98 Å². The first-order valence-corrected chi connectivity index (χ1v) is 7.71. The Bertz CT molecular complexity index is 614. The van der Waals surface area contributed by atoms with Crippen molar-refractivity contribution in [2.24, 2.45) is 0 Å². The molecule has 6 nitrogen and oxygen atoms in total. The van der Waals surface area contributed by atoms with Gasteiger partial charge in [-0.3, -0.25) is 4.90 Å². The van der Waals surface area contributed by atoms with E-state index >= 15 is 0 Å². The van der Waals surface area contributed by atoms with Gasteiger partial charge in [0.25, 0.3) is 5.89 Å². The zero-order chi connectivity index (χ0) is 14.8. The molecule has 2 aromatic rings. The molecule has 0 bridgehead atoms. The summed E-state index contributed by atoms with van der Waals surface area (Å²) in [6.45, 7) is 3.80. The molecule has 1 aromatic heterocycles. The fourth-order valence-electron chi connectivity index (χ4n) is 3.16. The summed E-state index contributed by atoms with van der Waals surface area (Å²) in [5.41, 5.74) is 0.951. The van der Waals surface area contributed by atoms with E-state index in [2.05, 4.69) is 15.0 Å². The van der Waals surface area contributed by atoms with Crippen LogP contribution in [0, 0.1) is 0 Å². The molecule has 2 fully saturated rings. The molecule has 0 N–H and O–H groups in total. The van der Waals surface area contributed by atoms with Crippen LogP contribution in [0.15, 0.2) is 34.9 Å². The van der Waals surface area contributed by atoms with Crippen molar-refractivity contribution >= 4 is 0 Å². The van der Waals surface area contributed by atoms with Crippen molar-refractivity contribution in [1.29, 1.82) is 0 Å². The largest absolute Gasteiger partial charge is 0.379 e. The summed E-state index contributed by atoms with van der Waals surface area (Å²) in [4.78, 5) is 6.91. The molecule has 2 aliphatic rings. The number of benzene rings is 1. The van der Waals surface area contributed by atoms with Crippen molar-refractivity contribution in [2.75, 3.05) is 26.4 Å². The van der Waals surface area contributed by atoms with Crippen molar-refractivity contribution < 1.29 is 14.0 Å². The lowest BCUT2D eigenvalue weighted by molar-refractivity contribution is -0.138. The van der Waals surface area contributed by atoms with Gasteiger partial charge in [-0.05, 0) is 18.6 Å². The van der Waals surface area contributed by atoms with E-state index in [0.29, 0.717) is 25.1 Å². The van der Waals surface area contributed by atoms with E-state index in [0.717, 1.165) is 37.6 Å². The van der Waals surface area contributed by atoms with Crippen molar-refractivity contribution in [3.8, 4) is 11.5 Å². The van der Waals surface area contributed by atoms with Gasteiger partial charge in [0, 0.05) is 24.8 Å². The Morgan fingerprint density at radius 3 is 3.00 bits per heavy atom. The van der Waals surface area contributed by atoms with E-state index in [1.165, 1.54) is 0 Å². The monoisotopic (exact) mass is 301 g/mol. The second-order valence-corrected chi connectivity index (χ2v) is 5.69. The SMILES string of the molecule is c1ccc(-c2nc(CN3CCO[C@@H]4COCC[C@@H]43)no2)cc1. The molecule has 0 radical (unpaired) electrons. The van der Waals surface area contributed by atoms with Crippen LogP contribution in [0.1, 0.15) is 12.2 Å². The highest BCUT2D eigenvalue weighted by atomic mass is 16.5. The zero-order valence-electron chi connectivity index (χ0n) is 12.4. The minimum Gasteiger partial charge on any atom is -0.379 e. The van der Waals surface area contributed by atoms with Crippen LogP contribution in [0.25, 0.3) is 11.5 Å². The molecule has 2 aliphatic heterocycles. The second-order valence-electron chi connectivity index (χ2n) is 5.69. The van der Waals surface area contributed by atoms with Gasteiger partial charge in [0.05, 0.1) is 25.9 Å². The minimum absolute atomic E-state index is 0.169. The lowest BCUT2D eigenvalue weighted by atomic mass is 10.0. The maximum atomic E-state index is 5.79. The Kier molecular flexibility index (Phi) is 3.88. The lowest BCUT2D eigenvalue weighted by Gasteiger charge is -2.43. The summed E-state index contributed by atoms with van der Waals surface area (Å²) >= 11 is 0.